The molecular weight excluding hydrogens is 582 g/mol. The van der Waals surface area contributed by atoms with E-state index in [1.165, 1.54) is 17.8 Å². The van der Waals surface area contributed by atoms with Crippen molar-refractivity contribution in [2.45, 2.75) is 66.6 Å². The van der Waals surface area contributed by atoms with E-state index in [4.69, 9.17) is 20.4 Å². The van der Waals surface area contributed by atoms with Gasteiger partial charge in [0, 0.05) is 48.6 Å². The molecule has 0 radical (unpaired) electrons. The van der Waals surface area contributed by atoms with Gasteiger partial charge in [-0.3, -0.25) is 4.90 Å². The molecule has 0 amide bonds. The van der Waals surface area contributed by atoms with Crippen LogP contribution in [-0.2, 0) is 0 Å². The normalized spacial score (nSPS) is 30.2. The Hall–Kier alpha value is -3.25. The molecule has 44 heavy (non-hydrogen) atoms. The molecule has 0 saturated carbocycles. The van der Waals surface area contributed by atoms with Gasteiger partial charge in [-0.2, -0.15) is 9.97 Å². The second kappa shape index (κ2) is 9.87. The number of thioether (sulfide) groups is 1. The fourth-order valence-electron chi connectivity index (χ4n) is 8.58. The highest BCUT2D eigenvalue weighted by Gasteiger charge is 2.49. The third-order valence-corrected chi connectivity index (χ3v) is 11.5. The number of aliphatic hydroxyl groups is 1. The van der Waals surface area contributed by atoms with Gasteiger partial charge in [0.25, 0.3) is 0 Å². The summed E-state index contributed by atoms with van der Waals surface area (Å²) in [6.45, 7) is 3.47. The van der Waals surface area contributed by atoms with Crippen LogP contribution < -0.4 is 20.7 Å². The van der Waals surface area contributed by atoms with Crippen LogP contribution in [0.5, 0.6) is 6.01 Å². The number of piperazine rings is 1. The third-order valence-electron chi connectivity index (χ3n) is 10.5. The van der Waals surface area contributed by atoms with Gasteiger partial charge in [-0.25, -0.2) is 8.78 Å². The van der Waals surface area contributed by atoms with Gasteiger partial charge in [0.1, 0.15) is 23.8 Å². The van der Waals surface area contributed by atoms with E-state index in [9.17, 15) is 5.11 Å². The standard InChI is InChI=1S/C33H34F2N6O2S/c34-24-7-6-22-26-17(2-3-18-11-25(36)44-30(24)27(18)22)10-23-29(28(26)35)38-32(39-31(23)40-13-19-4-5-20(14-40)37-19)43-16-33-8-1-9-41(33)15-21(42)12-33/h2-3,6-7,10-11,18-21,37,42H,1,4-5,8-9,12-16,36H2. The second-order valence-corrected chi connectivity index (χ2v) is 14.3. The van der Waals surface area contributed by atoms with E-state index >= 15 is 8.78 Å². The Morgan fingerprint density at radius 1 is 1.16 bits per heavy atom. The molecule has 9 rings (SSSR count). The number of halogens is 2. The van der Waals surface area contributed by atoms with Crippen molar-refractivity contribution in [1.82, 2.24) is 20.2 Å². The molecule has 6 heterocycles. The number of aliphatic hydroxyl groups excluding tert-OH is 1. The third kappa shape index (κ3) is 4.12. The van der Waals surface area contributed by atoms with Crippen molar-refractivity contribution in [1.29, 1.82) is 0 Å². The lowest BCUT2D eigenvalue weighted by Crippen LogP contribution is -2.51. The van der Waals surface area contributed by atoms with Gasteiger partial charge in [-0.15, -0.1) is 0 Å². The molecule has 3 aromatic rings. The first-order chi connectivity index (χ1) is 21.3. The van der Waals surface area contributed by atoms with Gasteiger partial charge >= 0.3 is 6.01 Å². The van der Waals surface area contributed by atoms with Crippen molar-refractivity contribution in [2.75, 3.05) is 37.7 Å². The summed E-state index contributed by atoms with van der Waals surface area (Å²) in [5.74, 6) is -0.419. The highest BCUT2D eigenvalue weighted by Crippen LogP contribution is 2.50. The zero-order valence-electron chi connectivity index (χ0n) is 24.2. The van der Waals surface area contributed by atoms with E-state index in [-0.39, 0.29) is 34.9 Å². The first kappa shape index (κ1) is 27.1. The van der Waals surface area contributed by atoms with Crippen LogP contribution in [-0.4, -0.2) is 76.5 Å². The highest BCUT2D eigenvalue weighted by atomic mass is 32.2. The maximum atomic E-state index is 17.1. The number of ether oxygens (including phenoxy) is 1. The molecule has 6 aliphatic rings. The van der Waals surface area contributed by atoms with Crippen molar-refractivity contribution >= 4 is 34.6 Å². The smallest absolute Gasteiger partial charge is 0.319 e. The minimum atomic E-state index is -0.465. The summed E-state index contributed by atoms with van der Waals surface area (Å²) in [4.78, 5) is 14.7. The lowest BCUT2D eigenvalue weighted by molar-refractivity contribution is 0.107. The molecule has 8 nitrogen and oxygen atoms in total. The molecule has 228 valence electrons. The van der Waals surface area contributed by atoms with Crippen LogP contribution >= 0.6 is 11.8 Å². The van der Waals surface area contributed by atoms with Crippen molar-refractivity contribution in [3.8, 4) is 17.1 Å². The van der Waals surface area contributed by atoms with Gasteiger partial charge in [-0.1, -0.05) is 30.0 Å². The lowest BCUT2D eigenvalue weighted by Gasteiger charge is -2.35. The number of anilines is 1. The molecule has 2 bridgehead atoms. The summed E-state index contributed by atoms with van der Waals surface area (Å²) in [6.07, 6.45) is 10.3. The molecule has 5 atom stereocenters. The zero-order valence-corrected chi connectivity index (χ0v) is 25.0. The van der Waals surface area contributed by atoms with Crippen LogP contribution in [0.3, 0.4) is 0 Å². The Morgan fingerprint density at radius 3 is 2.84 bits per heavy atom. The molecule has 5 unspecified atom stereocenters. The van der Waals surface area contributed by atoms with Crippen molar-refractivity contribution in [3.63, 3.8) is 0 Å². The maximum absolute atomic E-state index is 17.1. The van der Waals surface area contributed by atoms with Crippen molar-refractivity contribution in [3.05, 3.63) is 58.1 Å². The number of β-amino-alcohol motifs (C(OH)–C–C–N with tert-alkyl or cyclic N) is 1. The molecule has 4 saturated heterocycles. The fourth-order valence-corrected chi connectivity index (χ4v) is 9.55. The second-order valence-electron chi connectivity index (χ2n) is 13.2. The maximum Gasteiger partial charge on any atom is 0.319 e. The molecule has 1 aromatic heterocycles. The van der Waals surface area contributed by atoms with Gasteiger partial charge < -0.3 is 25.8 Å². The number of benzene rings is 2. The quantitative estimate of drug-likeness (QED) is 0.391. The Labute approximate surface area is 258 Å². The van der Waals surface area contributed by atoms with Crippen molar-refractivity contribution in [2.24, 2.45) is 5.73 Å². The summed E-state index contributed by atoms with van der Waals surface area (Å²) < 4.78 is 38.5. The Balaban J connectivity index is 1.20. The number of nitrogens with zero attached hydrogens (tertiary/aromatic N) is 4. The monoisotopic (exact) mass is 616 g/mol. The summed E-state index contributed by atoms with van der Waals surface area (Å²) in [5, 5.41) is 15.3. The number of hydrogen-bond donors (Lipinski definition) is 3. The lowest BCUT2D eigenvalue weighted by atomic mass is 9.90. The van der Waals surface area contributed by atoms with Crippen LogP contribution in [0, 0.1) is 11.6 Å². The Kier molecular flexibility index (Phi) is 6.08. The predicted octanol–water partition coefficient (Wildman–Crippen LogP) is 4.51. The number of fused-ring (bicyclic) bond motifs is 6. The molecule has 4 N–H and O–H groups in total. The van der Waals surface area contributed by atoms with Crippen LogP contribution in [0.25, 0.3) is 28.1 Å². The first-order valence-corrected chi connectivity index (χ1v) is 16.4. The number of allylic oxidation sites excluding steroid dienone is 2. The topological polar surface area (TPSA) is 99.8 Å². The van der Waals surface area contributed by atoms with Crippen LogP contribution in [0.2, 0.25) is 0 Å². The SMILES string of the molecule is NC1=CC2C=Cc3cc4c(N5CC6CCC(C5)N6)nc(OCC56CCCN5CC(O)C6)nc4c(F)c3-c3ccc(F)c(c32)S1. The van der Waals surface area contributed by atoms with Gasteiger partial charge in [0.15, 0.2) is 5.82 Å². The molecule has 5 aliphatic heterocycles. The summed E-state index contributed by atoms with van der Waals surface area (Å²) in [6, 6.07) is 5.91. The molecule has 4 fully saturated rings. The molecule has 2 aromatic carbocycles. The Bertz CT molecular complexity index is 1770. The Morgan fingerprint density at radius 2 is 2.00 bits per heavy atom. The zero-order chi connectivity index (χ0) is 29.7. The van der Waals surface area contributed by atoms with E-state index < -0.39 is 5.82 Å². The van der Waals surface area contributed by atoms with E-state index in [2.05, 4.69) is 15.1 Å². The largest absolute Gasteiger partial charge is 0.461 e. The molecule has 0 spiro atoms. The number of hydrogen-bond acceptors (Lipinski definition) is 9. The first-order valence-electron chi connectivity index (χ1n) is 15.6. The summed E-state index contributed by atoms with van der Waals surface area (Å²) in [5.41, 5.74) is 8.59. The number of rotatable bonds is 4. The average molecular weight is 617 g/mol. The van der Waals surface area contributed by atoms with E-state index in [0.29, 0.717) is 69.5 Å². The molecule has 1 aliphatic carbocycles. The summed E-state index contributed by atoms with van der Waals surface area (Å²) in [7, 11) is 0. The van der Waals surface area contributed by atoms with Gasteiger partial charge in [0.2, 0.25) is 0 Å². The van der Waals surface area contributed by atoms with Gasteiger partial charge in [0.05, 0.1) is 21.6 Å². The van der Waals surface area contributed by atoms with Crippen LogP contribution in [0.4, 0.5) is 14.6 Å². The minimum absolute atomic E-state index is 0.147. The van der Waals surface area contributed by atoms with Crippen molar-refractivity contribution < 1.29 is 18.6 Å². The van der Waals surface area contributed by atoms with Crippen LogP contribution in [0.15, 0.2) is 40.3 Å². The van der Waals surface area contributed by atoms with E-state index in [1.807, 2.05) is 24.3 Å². The fraction of sp³-hybridized carbons (Fsp3) is 0.455. The van der Waals surface area contributed by atoms with Gasteiger partial charge in [-0.05, 0) is 73.5 Å². The average Bonchev–Trinajstić information content (AvgIpc) is 3.61. The molecule has 11 heteroatoms. The highest BCUT2D eigenvalue weighted by molar-refractivity contribution is 8.03. The van der Waals surface area contributed by atoms with E-state index in [0.717, 1.165) is 50.9 Å². The molecular formula is C33H34F2N6O2S. The number of nitrogens with one attached hydrogen (secondary N) is 1. The van der Waals surface area contributed by atoms with Crippen LogP contribution in [0.1, 0.15) is 49.1 Å². The summed E-state index contributed by atoms with van der Waals surface area (Å²) >= 11 is 1.18. The number of nitrogens with two attached hydrogens (primary N) is 1. The minimum Gasteiger partial charge on any atom is -0.461 e. The van der Waals surface area contributed by atoms with E-state index in [1.54, 1.807) is 6.07 Å². The predicted molar refractivity (Wildman–Crippen MR) is 167 cm³/mol. The number of aromatic nitrogens is 2.